The Balaban J connectivity index is 1.70. The number of benzene rings is 2. The minimum atomic E-state index is -3.73. The van der Waals surface area contributed by atoms with Gasteiger partial charge in [-0.3, -0.25) is 9.11 Å². The van der Waals surface area contributed by atoms with Crippen LogP contribution in [0.3, 0.4) is 0 Å². The van der Waals surface area contributed by atoms with Crippen LogP contribution in [0.15, 0.2) is 47.4 Å². The molecule has 0 radical (unpaired) electrons. The van der Waals surface area contributed by atoms with Gasteiger partial charge in [0.1, 0.15) is 5.60 Å². The Labute approximate surface area is 208 Å². The Kier molecular flexibility index (Phi) is 8.80. The predicted molar refractivity (Wildman–Crippen MR) is 137 cm³/mol. The zero-order valence-corrected chi connectivity index (χ0v) is 22.0. The number of carbonyl (C=O) groups excluding carboxylic acids is 1. The van der Waals surface area contributed by atoms with E-state index in [4.69, 9.17) is 4.74 Å². The van der Waals surface area contributed by atoms with Crippen molar-refractivity contribution in [1.29, 1.82) is 0 Å². The molecule has 35 heavy (non-hydrogen) atoms. The standard InChI is InChI=1S/C27H37FN2O4S/c1-5-17-30(26(31)34-27(2,3)4)24-13-11-21-18-23(12-10-22(21)19-24)29-35(32,33)25-14-8-20(9-15-25)7-6-16-28/h8-10,12,14-15,18,24,29H,5-7,11,13,16-17,19H2,1-4H3. The van der Waals surface area contributed by atoms with E-state index in [1.807, 2.05) is 44.7 Å². The Morgan fingerprint density at radius 2 is 1.86 bits per heavy atom. The minimum absolute atomic E-state index is 0.0516. The van der Waals surface area contributed by atoms with E-state index in [1.54, 1.807) is 30.3 Å². The van der Waals surface area contributed by atoms with Crippen molar-refractivity contribution in [2.45, 2.75) is 82.8 Å². The van der Waals surface area contributed by atoms with Crippen molar-refractivity contribution in [3.05, 3.63) is 59.2 Å². The van der Waals surface area contributed by atoms with Gasteiger partial charge in [-0.25, -0.2) is 13.2 Å². The lowest BCUT2D eigenvalue weighted by Crippen LogP contribution is -2.46. The zero-order valence-electron chi connectivity index (χ0n) is 21.1. The predicted octanol–water partition coefficient (Wildman–Crippen LogP) is 5.89. The highest BCUT2D eigenvalue weighted by molar-refractivity contribution is 7.92. The topological polar surface area (TPSA) is 75.7 Å². The lowest BCUT2D eigenvalue weighted by atomic mass is 9.87. The molecule has 0 fully saturated rings. The first-order valence-corrected chi connectivity index (χ1v) is 13.8. The van der Waals surface area contributed by atoms with E-state index in [9.17, 15) is 17.6 Å². The maximum atomic E-state index is 12.9. The van der Waals surface area contributed by atoms with E-state index in [1.165, 1.54) is 0 Å². The fourth-order valence-electron chi connectivity index (χ4n) is 4.37. The molecule has 1 aliphatic carbocycles. The summed E-state index contributed by atoms with van der Waals surface area (Å²) in [4.78, 5) is 14.8. The fraction of sp³-hybridized carbons (Fsp3) is 0.519. The number of anilines is 1. The van der Waals surface area contributed by atoms with Gasteiger partial charge < -0.3 is 9.64 Å². The van der Waals surface area contributed by atoms with Gasteiger partial charge in [0, 0.05) is 18.3 Å². The van der Waals surface area contributed by atoms with Crippen LogP contribution in [0.25, 0.3) is 0 Å². The van der Waals surface area contributed by atoms with Gasteiger partial charge in [-0.1, -0.05) is 25.1 Å². The van der Waals surface area contributed by atoms with Crippen LogP contribution in [0, 0.1) is 0 Å². The van der Waals surface area contributed by atoms with Gasteiger partial charge in [-0.2, -0.15) is 0 Å². The number of halogens is 1. The monoisotopic (exact) mass is 504 g/mol. The van der Waals surface area contributed by atoms with Gasteiger partial charge in [0.05, 0.1) is 11.6 Å². The van der Waals surface area contributed by atoms with Gasteiger partial charge in [0.2, 0.25) is 0 Å². The summed E-state index contributed by atoms with van der Waals surface area (Å²) in [6.07, 6.45) is 3.83. The molecule has 2 aromatic rings. The molecule has 0 aliphatic heterocycles. The van der Waals surface area contributed by atoms with Gasteiger partial charge in [-0.15, -0.1) is 0 Å². The van der Waals surface area contributed by atoms with Crippen molar-refractivity contribution in [3.63, 3.8) is 0 Å². The highest BCUT2D eigenvalue weighted by Crippen LogP contribution is 2.29. The molecule has 1 amide bonds. The van der Waals surface area contributed by atoms with Crippen molar-refractivity contribution in [1.82, 2.24) is 4.90 Å². The quantitative estimate of drug-likeness (QED) is 0.462. The van der Waals surface area contributed by atoms with Crippen molar-refractivity contribution < 1.29 is 22.3 Å². The first-order chi connectivity index (χ1) is 16.5. The van der Waals surface area contributed by atoms with Crippen molar-refractivity contribution in [2.75, 3.05) is 17.9 Å². The third-order valence-electron chi connectivity index (χ3n) is 6.03. The number of nitrogens with one attached hydrogen (secondary N) is 1. The molecule has 0 saturated heterocycles. The third kappa shape index (κ3) is 7.43. The molecule has 6 nitrogen and oxygen atoms in total. The van der Waals surface area contributed by atoms with Gasteiger partial charge in [-0.05, 0) is 100 Å². The van der Waals surface area contributed by atoms with E-state index in [0.29, 0.717) is 31.5 Å². The van der Waals surface area contributed by atoms with E-state index >= 15 is 0 Å². The molecular weight excluding hydrogens is 467 g/mol. The fourth-order valence-corrected chi connectivity index (χ4v) is 5.42. The molecule has 3 rings (SSSR count). The second kappa shape index (κ2) is 11.4. The first-order valence-electron chi connectivity index (χ1n) is 12.3. The maximum Gasteiger partial charge on any atom is 0.410 e. The molecule has 0 saturated carbocycles. The normalized spacial score (nSPS) is 15.9. The van der Waals surface area contributed by atoms with Crippen LogP contribution in [-0.2, 0) is 34.0 Å². The number of sulfonamides is 1. The lowest BCUT2D eigenvalue weighted by molar-refractivity contribution is 0.0146. The molecule has 0 spiro atoms. The van der Waals surface area contributed by atoms with Gasteiger partial charge in [0.15, 0.2) is 0 Å². The number of amides is 1. The number of hydrogen-bond acceptors (Lipinski definition) is 4. The Hall–Kier alpha value is -2.61. The number of fused-ring (bicyclic) bond motifs is 1. The summed E-state index contributed by atoms with van der Waals surface area (Å²) in [5.41, 5.74) is 3.08. The first kappa shape index (κ1) is 27.0. The number of alkyl halides is 1. The van der Waals surface area contributed by atoms with E-state index in [-0.39, 0.29) is 17.0 Å². The molecule has 0 aromatic heterocycles. The minimum Gasteiger partial charge on any atom is -0.444 e. The Bertz CT molecular complexity index is 1110. The summed E-state index contributed by atoms with van der Waals surface area (Å²) in [6, 6.07) is 12.2. The number of aryl methyl sites for hydroxylation is 2. The smallest absolute Gasteiger partial charge is 0.410 e. The van der Waals surface area contributed by atoms with Crippen LogP contribution in [-0.4, -0.2) is 44.3 Å². The van der Waals surface area contributed by atoms with Crippen LogP contribution in [0.5, 0.6) is 0 Å². The maximum absolute atomic E-state index is 12.9. The number of nitrogens with zero attached hydrogens (tertiary/aromatic N) is 1. The largest absolute Gasteiger partial charge is 0.444 e. The molecule has 192 valence electrons. The lowest BCUT2D eigenvalue weighted by Gasteiger charge is -2.36. The van der Waals surface area contributed by atoms with Gasteiger partial charge in [0.25, 0.3) is 10.0 Å². The molecular formula is C27H37FN2O4S. The van der Waals surface area contributed by atoms with Crippen molar-refractivity contribution in [2.24, 2.45) is 0 Å². The molecule has 1 atom stereocenters. The molecule has 1 unspecified atom stereocenters. The number of carbonyl (C=O) groups is 1. The number of ether oxygens (including phenoxy) is 1. The van der Waals surface area contributed by atoms with Crippen LogP contribution >= 0.6 is 0 Å². The molecule has 8 heteroatoms. The summed E-state index contributed by atoms with van der Waals surface area (Å²) in [5.74, 6) is 0. The number of rotatable bonds is 9. The Morgan fingerprint density at radius 1 is 1.14 bits per heavy atom. The Morgan fingerprint density at radius 3 is 2.49 bits per heavy atom. The molecule has 1 aliphatic rings. The third-order valence-corrected chi connectivity index (χ3v) is 7.42. The van der Waals surface area contributed by atoms with Crippen molar-refractivity contribution in [3.8, 4) is 0 Å². The average Bonchev–Trinajstić information content (AvgIpc) is 2.79. The molecule has 0 heterocycles. The van der Waals surface area contributed by atoms with Crippen LogP contribution < -0.4 is 4.72 Å². The zero-order chi connectivity index (χ0) is 25.6. The summed E-state index contributed by atoms with van der Waals surface area (Å²) in [6.45, 7) is 7.90. The van der Waals surface area contributed by atoms with E-state index < -0.39 is 22.3 Å². The molecule has 0 bridgehead atoms. The summed E-state index contributed by atoms with van der Waals surface area (Å²) in [7, 11) is -3.73. The van der Waals surface area contributed by atoms with Crippen LogP contribution in [0.2, 0.25) is 0 Å². The van der Waals surface area contributed by atoms with Crippen LogP contribution in [0.4, 0.5) is 14.9 Å². The van der Waals surface area contributed by atoms with Crippen molar-refractivity contribution >= 4 is 21.8 Å². The molecule has 1 N–H and O–H groups in total. The summed E-state index contributed by atoms with van der Waals surface area (Å²) >= 11 is 0. The molecule has 2 aromatic carbocycles. The SMILES string of the molecule is CCCN(C(=O)OC(C)(C)C)C1CCc2cc(NS(=O)(=O)c3ccc(CCCF)cc3)ccc2C1. The second-order valence-corrected chi connectivity index (χ2v) is 11.8. The highest BCUT2D eigenvalue weighted by atomic mass is 32.2. The average molecular weight is 505 g/mol. The summed E-state index contributed by atoms with van der Waals surface area (Å²) < 4.78 is 46.4. The van der Waals surface area contributed by atoms with E-state index in [2.05, 4.69) is 4.72 Å². The second-order valence-electron chi connectivity index (χ2n) is 10.1. The highest BCUT2D eigenvalue weighted by Gasteiger charge is 2.30. The van der Waals surface area contributed by atoms with Gasteiger partial charge >= 0.3 is 6.09 Å². The van der Waals surface area contributed by atoms with Crippen LogP contribution in [0.1, 0.15) is 63.6 Å². The summed E-state index contributed by atoms with van der Waals surface area (Å²) in [5, 5.41) is 0. The number of hydrogen-bond donors (Lipinski definition) is 1. The van der Waals surface area contributed by atoms with E-state index in [0.717, 1.165) is 36.0 Å².